The molecule has 0 unspecified atom stereocenters. The highest BCUT2D eigenvalue weighted by molar-refractivity contribution is 6.20. The van der Waals surface area contributed by atoms with Crippen molar-refractivity contribution in [3.8, 4) is 0 Å². The van der Waals surface area contributed by atoms with E-state index in [1.54, 1.807) is 0 Å². The van der Waals surface area contributed by atoms with Crippen LogP contribution in [0, 0.1) is 11.8 Å². The maximum absolute atomic E-state index is 6.10. The van der Waals surface area contributed by atoms with Crippen LogP contribution in [0.3, 0.4) is 0 Å². The second-order valence-corrected chi connectivity index (χ2v) is 5.82. The van der Waals surface area contributed by atoms with Gasteiger partial charge in [0.05, 0.1) is 13.2 Å². The van der Waals surface area contributed by atoms with Crippen molar-refractivity contribution in [3.63, 3.8) is 0 Å². The Kier molecular flexibility index (Phi) is 4.93. The van der Waals surface area contributed by atoms with Crippen molar-refractivity contribution in [2.24, 2.45) is 11.8 Å². The maximum atomic E-state index is 6.10. The second-order valence-electron chi connectivity index (χ2n) is 5.20. The first kappa shape index (κ1) is 12.7. The largest absolute Gasteiger partial charge is 0.352 e. The molecule has 0 bridgehead atoms. The summed E-state index contributed by atoms with van der Waals surface area (Å²) in [5.74, 6) is 1.20. The van der Waals surface area contributed by atoms with Gasteiger partial charge in [-0.2, -0.15) is 0 Å². The van der Waals surface area contributed by atoms with Crippen molar-refractivity contribution in [1.29, 1.82) is 0 Å². The third-order valence-electron chi connectivity index (χ3n) is 3.78. The summed E-state index contributed by atoms with van der Waals surface area (Å²) in [6.45, 7) is 3.99. The molecule has 0 amide bonds. The lowest BCUT2D eigenvalue weighted by Gasteiger charge is -2.36. The Bertz CT molecular complexity index is 194. The molecule has 3 heteroatoms. The van der Waals surface area contributed by atoms with Crippen LogP contribution in [0.5, 0.6) is 0 Å². The molecule has 1 saturated carbocycles. The van der Waals surface area contributed by atoms with Crippen LogP contribution in [0.25, 0.3) is 0 Å². The fraction of sp³-hybridized carbons (Fsp3) is 1.00. The average Bonchev–Trinajstić information content (AvgIpc) is 2.32. The van der Waals surface area contributed by atoms with Gasteiger partial charge in [-0.15, -0.1) is 11.6 Å². The van der Waals surface area contributed by atoms with Gasteiger partial charge in [-0.1, -0.05) is 13.3 Å². The lowest BCUT2D eigenvalue weighted by Crippen LogP contribution is -2.38. The zero-order valence-electron chi connectivity index (χ0n) is 10.2. The van der Waals surface area contributed by atoms with Gasteiger partial charge in [-0.3, -0.25) is 0 Å². The first-order chi connectivity index (χ1) is 7.79. The van der Waals surface area contributed by atoms with Crippen LogP contribution < -0.4 is 0 Å². The molecule has 2 rings (SSSR count). The van der Waals surface area contributed by atoms with Gasteiger partial charge >= 0.3 is 0 Å². The predicted octanol–water partition coefficient (Wildman–Crippen LogP) is 3.57. The van der Waals surface area contributed by atoms with E-state index in [0.717, 1.165) is 38.9 Å². The molecule has 0 aromatic carbocycles. The molecule has 2 aliphatic rings. The summed E-state index contributed by atoms with van der Waals surface area (Å²) in [5, 5.41) is 0.382. The van der Waals surface area contributed by atoms with Crippen molar-refractivity contribution in [1.82, 2.24) is 0 Å². The number of rotatable bonds is 3. The molecule has 16 heavy (non-hydrogen) atoms. The van der Waals surface area contributed by atoms with Gasteiger partial charge in [0.2, 0.25) is 0 Å². The first-order valence-electron chi connectivity index (χ1n) is 6.67. The first-order valence-corrected chi connectivity index (χ1v) is 7.10. The lowest BCUT2D eigenvalue weighted by atomic mass is 9.88. The minimum Gasteiger partial charge on any atom is -0.352 e. The van der Waals surface area contributed by atoms with Crippen molar-refractivity contribution in [3.05, 3.63) is 0 Å². The number of halogens is 1. The summed E-state index contributed by atoms with van der Waals surface area (Å²) in [4.78, 5) is 0. The van der Waals surface area contributed by atoms with Gasteiger partial charge in [0, 0.05) is 17.2 Å². The van der Waals surface area contributed by atoms with Crippen molar-refractivity contribution < 1.29 is 9.47 Å². The molecule has 2 fully saturated rings. The summed E-state index contributed by atoms with van der Waals surface area (Å²) in [6.07, 6.45) is 7.06. The SMILES string of the molecule is CCC[C@H]1CO[C@H]([C@H]2CC[C@H](Cl)CC2)OC1. The fourth-order valence-corrected chi connectivity index (χ4v) is 3.01. The highest BCUT2D eigenvalue weighted by Crippen LogP contribution is 2.33. The van der Waals surface area contributed by atoms with Crippen LogP contribution in [-0.2, 0) is 9.47 Å². The number of alkyl halides is 1. The number of ether oxygens (including phenoxy) is 2. The smallest absolute Gasteiger partial charge is 0.160 e. The Hall–Kier alpha value is 0.210. The summed E-state index contributed by atoms with van der Waals surface area (Å²) in [5.41, 5.74) is 0. The molecule has 1 aliphatic carbocycles. The average molecular weight is 247 g/mol. The van der Waals surface area contributed by atoms with E-state index in [1.807, 2.05) is 0 Å². The number of hydrogen-bond acceptors (Lipinski definition) is 2. The van der Waals surface area contributed by atoms with E-state index < -0.39 is 0 Å². The van der Waals surface area contributed by atoms with Gasteiger partial charge < -0.3 is 9.47 Å². The molecule has 1 heterocycles. The van der Waals surface area contributed by atoms with E-state index in [-0.39, 0.29) is 6.29 Å². The molecule has 0 atom stereocenters. The fourth-order valence-electron chi connectivity index (χ4n) is 2.76. The molecule has 94 valence electrons. The van der Waals surface area contributed by atoms with Gasteiger partial charge in [-0.05, 0) is 32.1 Å². The van der Waals surface area contributed by atoms with E-state index in [1.165, 1.54) is 12.8 Å². The topological polar surface area (TPSA) is 18.5 Å². The molecule has 0 aromatic heterocycles. The van der Waals surface area contributed by atoms with Crippen molar-refractivity contribution >= 4 is 11.6 Å². The highest BCUT2D eigenvalue weighted by atomic mass is 35.5. The maximum Gasteiger partial charge on any atom is 0.160 e. The van der Waals surface area contributed by atoms with E-state index in [0.29, 0.717) is 17.2 Å². The minimum atomic E-state index is 0.0530. The molecular formula is C13H23ClO2. The third kappa shape index (κ3) is 3.35. The van der Waals surface area contributed by atoms with Crippen molar-refractivity contribution in [2.75, 3.05) is 13.2 Å². The van der Waals surface area contributed by atoms with Gasteiger partial charge in [-0.25, -0.2) is 0 Å². The molecule has 1 saturated heterocycles. The molecule has 1 aliphatic heterocycles. The van der Waals surface area contributed by atoms with Gasteiger partial charge in [0.25, 0.3) is 0 Å². The van der Waals surface area contributed by atoms with E-state index in [4.69, 9.17) is 21.1 Å². The summed E-state index contributed by atoms with van der Waals surface area (Å²) in [7, 11) is 0. The predicted molar refractivity (Wildman–Crippen MR) is 65.7 cm³/mol. The summed E-state index contributed by atoms with van der Waals surface area (Å²) in [6, 6.07) is 0. The quantitative estimate of drug-likeness (QED) is 0.709. The van der Waals surface area contributed by atoms with E-state index in [9.17, 15) is 0 Å². The molecule has 0 N–H and O–H groups in total. The summed E-state index contributed by atoms with van der Waals surface area (Å²) < 4.78 is 11.7. The van der Waals surface area contributed by atoms with Crippen molar-refractivity contribution in [2.45, 2.75) is 57.1 Å². The van der Waals surface area contributed by atoms with E-state index >= 15 is 0 Å². The van der Waals surface area contributed by atoms with Crippen LogP contribution in [-0.4, -0.2) is 24.9 Å². The molecule has 0 radical (unpaired) electrons. The molecule has 0 aromatic rings. The van der Waals surface area contributed by atoms with Crippen LogP contribution in [0.4, 0.5) is 0 Å². The third-order valence-corrected chi connectivity index (χ3v) is 4.21. The number of hydrogen-bond donors (Lipinski definition) is 0. The molecule has 0 spiro atoms. The molecular weight excluding hydrogens is 224 g/mol. The molecule has 2 nitrogen and oxygen atoms in total. The Morgan fingerprint density at radius 1 is 1.06 bits per heavy atom. The Morgan fingerprint density at radius 3 is 2.25 bits per heavy atom. The van der Waals surface area contributed by atoms with Gasteiger partial charge in [0.1, 0.15) is 0 Å². The van der Waals surface area contributed by atoms with Crippen LogP contribution in [0.2, 0.25) is 0 Å². The Labute approximate surface area is 104 Å². The second kappa shape index (κ2) is 6.23. The van der Waals surface area contributed by atoms with Crippen LogP contribution in [0.1, 0.15) is 45.4 Å². The highest BCUT2D eigenvalue weighted by Gasteiger charge is 2.31. The van der Waals surface area contributed by atoms with Crippen LogP contribution in [0.15, 0.2) is 0 Å². The lowest BCUT2D eigenvalue weighted by molar-refractivity contribution is -0.228. The Morgan fingerprint density at radius 2 is 1.69 bits per heavy atom. The van der Waals surface area contributed by atoms with Crippen LogP contribution >= 0.6 is 11.6 Å². The zero-order valence-corrected chi connectivity index (χ0v) is 10.9. The normalized spacial score (nSPS) is 40.9. The van der Waals surface area contributed by atoms with E-state index in [2.05, 4.69) is 6.92 Å². The Balaban J connectivity index is 1.72. The monoisotopic (exact) mass is 246 g/mol. The zero-order chi connectivity index (χ0) is 11.4. The minimum absolute atomic E-state index is 0.0530. The van der Waals surface area contributed by atoms with Gasteiger partial charge in [0.15, 0.2) is 6.29 Å². The summed E-state index contributed by atoms with van der Waals surface area (Å²) >= 11 is 6.10. The standard InChI is InChI=1S/C13H23ClO2/c1-2-3-10-8-15-13(16-9-10)11-4-6-12(14)7-5-11/h10-13H,2-9H2,1H3/t10-,11-,12-,13-.